The van der Waals surface area contributed by atoms with Gasteiger partial charge in [0.05, 0.1) is 18.6 Å². The van der Waals surface area contributed by atoms with Gasteiger partial charge in [0.15, 0.2) is 0 Å². The summed E-state index contributed by atoms with van der Waals surface area (Å²) in [5, 5.41) is 12.7. The van der Waals surface area contributed by atoms with Crippen LogP contribution in [0.2, 0.25) is 0 Å². The molecule has 0 aromatic heterocycles. The predicted octanol–water partition coefficient (Wildman–Crippen LogP) is 4.67. The summed E-state index contributed by atoms with van der Waals surface area (Å²) < 4.78 is 5.21. The summed E-state index contributed by atoms with van der Waals surface area (Å²) in [7, 11) is 1.61. The number of nitrogens with zero attached hydrogens (tertiary/aromatic N) is 1. The monoisotopic (exact) mass is 347 g/mol. The minimum absolute atomic E-state index is 0.0417. The molecule has 3 aromatic rings. The van der Waals surface area contributed by atoms with Crippen LogP contribution in [0.4, 0.5) is 5.69 Å². The number of rotatable bonds is 3. The number of benzene rings is 3. The molecule has 4 rings (SSSR count). The Kier molecular flexibility index (Phi) is 3.65. The fraction of sp³-hybridized carbons (Fsp3) is 0.227. The quantitative estimate of drug-likeness (QED) is 0.701. The Hall–Kier alpha value is -3.01. The average Bonchev–Trinajstić information content (AvgIpc) is 2.66. The molecule has 1 heterocycles. The van der Waals surface area contributed by atoms with Crippen LogP contribution in [0.25, 0.3) is 10.8 Å². The molecule has 1 amide bonds. The number of β-lactam (4-membered cyclic amide) rings is 1. The van der Waals surface area contributed by atoms with Crippen molar-refractivity contribution in [1.29, 1.82) is 0 Å². The number of carbonyl (C=O) groups is 1. The van der Waals surface area contributed by atoms with E-state index in [9.17, 15) is 9.90 Å². The Labute approximate surface area is 152 Å². The molecule has 26 heavy (non-hydrogen) atoms. The minimum Gasteiger partial charge on any atom is -0.508 e. The number of aromatic hydroxyl groups is 1. The number of amides is 1. The number of hydrogen-bond acceptors (Lipinski definition) is 3. The molecule has 0 spiro atoms. The lowest BCUT2D eigenvalue weighted by molar-refractivity contribution is -0.137. The first-order valence-electron chi connectivity index (χ1n) is 8.63. The summed E-state index contributed by atoms with van der Waals surface area (Å²) in [6.07, 6.45) is 0. The van der Waals surface area contributed by atoms with E-state index in [0.29, 0.717) is 0 Å². The molecule has 1 aliphatic heterocycles. The highest BCUT2D eigenvalue weighted by molar-refractivity contribution is 6.07. The third kappa shape index (κ3) is 2.25. The summed E-state index contributed by atoms with van der Waals surface area (Å²) in [5.41, 5.74) is 0.998. The maximum Gasteiger partial charge on any atom is 0.235 e. The molecule has 1 aliphatic rings. The number of methoxy groups -OCH3 is 1. The van der Waals surface area contributed by atoms with E-state index in [-0.39, 0.29) is 17.7 Å². The van der Waals surface area contributed by atoms with E-state index in [0.717, 1.165) is 27.8 Å². The molecular formula is C22H21NO3. The summed E-state index contributed by atoms with van der Waals surface area (Å²) in [6.45, 7) is 3.86. The van der Waals surface area contributed by atoms with Crippen molar-refractivity contribution in [3.63, 3.8) is 0 Å². The van der Waals surface area contributed by atoms with Gasteiger partial charge in [-0.2, -0.15) is 0 Å². The summed E-state index contributed by atoms with van der Waals surface area (Å²) >= 11 is 0. The van der Waals surface area contributed by atoms with E-state index in [1.54, 1.807) is 18.1 Å². The molecule has 3 aromatic carbocycles. The molecule has 4 nitrogen and oxygen atoms in total. The number of carbonyl (C=O) groups excluding carboxylic acids is 1. The molecule has 1 fully saturated rings. The van der Waals surface area contributed by atoms with E-state index >= 15 is 0 Å². The van der Waals surface area contributed by atoms with Crippen molar-refractivity contribution in [2.24, 2.45) is 5.41 Å². The number of phenols is 1. The van der Waals surface area contributed by atoms with Crippen LogP contribution < -0.4 is 9.64 Å². The Morgan fingerprint density at radius 1 is 1.00 bits per heavy atom. The highest BCUT2D eigenvalue weighted by Crippen LogP contribution is 2.55. The molecule has 1 N–H and O–H groups in total. The van der Waals surface area contributed by atoms with Crippen LogP contribution in [-0.2, 0) is 4.79 Å². The van der Waals surface area contributed by atoms with Crippen LogP contribution >= 0.6 is 0 Å². The van der Waals surface area contributed by atoms with Crippen LogP contribution in [0.15, 0.2) is 60.7 Å². The second kappa shape index (κ2) is 5.77. The number of anilines is 1. The molecule has 4 heteroatoms. The number of hydrogen-bond donors (Lipinski definition) is 1. The maximum atomic E-state index is 12.9. The smallest absolute Gasteiger partial charge is 0.235 e. The fourth-order valence-corrected chi connectivity index (χ4v) is 3.87. The van der Waals surface area contributed by atoms with E-state index in [1.165, 1.54) is 0 Å². The average molecular weight is 347 g/mol. The zero-order valence-electron chi connectivity index (χ0n) is 15.1. The first-order chi connectivity index (χ1) is 12.4. The van der Waals surface area contributed by atoms with Crippen molar-refractivity contribution in [2.45, 2.75) is 19.9 Å². The van der Waals surface area contributed by atoms with Gasteiger partial charge < -0.3 is 14.7 Å². The van der Waals surface area contributed by atoms with E-state index < -0.39 is 5.41 Å². The van der Waals surface area contributed by atoms with Gasteiger partial charge in [0.25, 0.3) is 0 Å². The Balaban J connectivity index is 1.88. The van der Waals surface area contributed by atoms with Gasteiger partial charge in [0.1, 0.15) is 11.5 Å². The van der Waals surface area contributed by atoms with Crippen molar-refractivity contribution < 1.29 is 14.6 Å². The van der Waals surface area contributed by atoms with Gasteiger partial charge in [-0.15, -0.1) is 0 Å². The number of phenolic OH excluding ortho intramolecular Hbond substituents is 1. The molecule has 0 radical (unpaired) electrons. The van der Waals surface area contributed by atoms with Crippen LogP contribution in [0.1, 0.15) is 25.5 Å². The van der Waals surface area contributed by atoms with Crippen molar-refractivity contribution in [3.8, 4) is 11.5 Å². The Morgan fingerprint density at radius 2 is 1.69 bits per heavy atom. The highest BCUT2D eigenvalue weighted by Gasteiger charge is 2.56. The lowest BCUT2D eigenvalue weighted by atomic mass is 9.69. The molecule has 132 valence electrons. The minimum atomic E-state index is -0.596. The second-order valence-electron chi connectivity index (χ2n) is 7.22. The van der Waals surface area contributed by atoms with E-state index in [2.05, 4.69) is 0 Å². The Bertz CT molecular complexity index is 992. The zero-order chi connectivity index (χ0) is 18.5. The second-order valence-corrected chi connectivity index (χ2v) is 7.22. The molecule has 0 saturated carbocycles. The fourth-order valence-electron chi connectivity index (χ4n) is 3.87. The van der Waals surface area contributed by atoms with Gasteiger partial charge in [0, 0.05) is 11.3 Å². The lowest BCUT2D eigenvalue weighted by Crippen LogP contribution is -2.61. The van der Waals surface area contributed by atoms with E-state index in [4.69, 9.17) is 4.74 Å². The van der Waals surface area contributed by atoms with Gasteiger partial charge in [-0.05, 0) is 55.0 Å². The SMILES string of the molecule is COc1ccc(N2C(=O)C(C)(C)[C@@H]2c2c(O)ccc3ccccc23)cc1. The van der Waals surface area contributed by atoms with E-state index in [1.807, 2.05) is 68.4 Å². The van der Waals surface area contributed by atoms with Crippen molar-refractivity contribution in [3.05, 3.63) is 66.2 Å². The van der Waals surface area contributed by atoms with Gasteiger partial charge in [-0.3, -0.25) is 4.79 Å². The topological polar surface area (TPSA) is 49.8 Å². The van der Waals surface area contributed by atoms with Crippen LogP contribution in [-0.4, -0.2) is 18.1 Å². The molecule has 1 saturated heterocycles. The molecule has 1 atom stereocenters. The number of fused-ring (bicyclic) bond motifs is 1. The van der Waals surface area contributed by atoms with Gasteiger partial charge in [-0.1, -0.05) is 30.3 Å². The third-order valence-electron chi connectivity index (χ3n) is 5.28. The lowest BCUT2D eigenvalue weighted by Gasteiger charge is -2.53. The van der Waals surface area contributed by atoms with Gasteiger partial charge >= 0.3 is 0 Å². The Morgan fingerprint density at radius 3 is 2.38 bits per heavy atom. The highest BCUT2D eigenvalue weighted by atomic mass is 16.5. The molecule has 0 bridgehead atoms. The van der Waals surface area contributed by atoms with Crippen molar-refractivity contribution >= 4 is 22.4 Å². The largest absolute Gasteiger partial charge is 0.508 e. The third-order valence-corrected chi connectivity index (χ3v) is 5.28. The van der Waals surface area contributed by atoms with Crippen LogP contribution in [0, 0.1) is 5.41 Å². The zero-order valence-corrected chi connectivity index (χ0v) is 15.1. The summed E-state index contributed by atoms with van der Waals surface area (Å²) in [5.74, 6) is 0.998. The van der Waals surface area contributed by atoms with Crippen LogP contribution in [0.5, 0.6) is 11.5 Å². The molecule has 0 aliphatic carbocycles. The number of ether oxygens (including phenoxy) is 1. The first kappa shape index (κ1) is 16.5. The van der Waals surface area contributed by atoms with Gasteiger partial charge in [-0.25, -0.2) is 0 Å². The molecule has 0 unspecified atom stereocenters. The first-order valence-corrected chi connectivity index (χ1v) is 8.63. The molecular weight excluding hydrogens is 326 g/mol. The summed E-state index contributed by atoms with van der Waals surface area (Å²) in [6, 6.07) is 18.7. The van der Waals surface area contributed by atoms with Crippen LogP contribution in [0.3, 0.4) is 0 Å². The standard InChI is InChI=1S/C22H21NO3/c1-22(2)20(19-17-7-5-4-6-14(17)8-13-18(19)24)23(21(22)25)15-9-11-16(26-3)12-10-15/h4-13,20,24H,1-3H3/t20-/m0/s1. The van der Waals surface area contributed by atoms with Crippen molar-refractivity contribution in [2.75, 3.05) is 12.0 Å². The van der Waals surface area contributed by atoms with Gasteiger partial charge in [0.2, 0.25) is 5.91 Å². The maximum absolute atomic E-state index is 12.9. The van der Waals surface area contributed by atoms with Crippen molar-refractivity contribution in [1.82, 2.24) is 0 Å². The summed E-state index contributed by atoms with van der Waals surface area (Å²) in [4.78, 5) is 14.6. The predicted molar refractivity (Wildman–Crippen MR) is 103 cm³/mol. The normalized spacial score (nSPS) is 18.7.